The predicted octanol–water partition coefficient (Wildman–Crippen LogP) is 3.97. The summed E-state index contributed by atoms with van der Waals surface area (Å²) < 4.78 is 7.60. The van der Waals surface area contributed by atoms with Crippen LogP contribution < -0.4 is 10.3 Å². The molecule has 1 aliphatic heterocycles. The van der Waals surface area contributed by atoms with Crippen LogP contribution in [0.4, 0.5) is 0 Å². The molecule has 0 amide bonds. The number of hydrogen-bond donors (Lipinski definition) is 0. The lowest BCUT2D eigenvalue weighted by molar-refractivity contribution is 0.257. The zero-order valence-corrected chi connectivity index (χ0v) is 12.8. The van der Waals surface area contributed by atoms with Crippen LogP contribution in [0.5, 0.6) is 5.75 Å². The van der Waals surface area contributed by atoms with Crippen molar-refractivity contribution in [1.82, 2.24) is 4.57 Å². The molecule has 1 atom stereocenters. The van der Waals surface area contributed by atoms with Crippen molar-refractivity contribution in [3.63, 3.8) is 0 Å². The summed E-state index contributed by atoms with van der Waals surface area (Å²) >= 11 is 6.10. The van der Waals surface area contributed by atoms with Crippen LogP contribution in [-0.4, -0.2) is 10.7 Å². The lowest BCUT2D eigenvalue weighted by Crippen LogP contribution is -2.22. The smallest absolute Gasteiger partial charge is 0.262 e. The van der Waals surface area contributed by atoms with Crippen LogP contribution in [-0.2, 0) is 6.42 Å². The molecule has 4 heteroatoms. The first-order valence-corrected chi connectivity index (χ1v) is 7.62. The minimum Gasteiger partial charge on any atom is -0.489 e. The van der Waals surface area contributed by atoms with Gasteiger partial charge in [0.1, 0.15) is 11.9 Å². The number of fused-ring (bicyclic) bond motifs is 3. The van der Waals surface area contributed by atoms with Crippen molar-refractivity contribution in [2.45, 2.75) is 19.4 Å². The van der Waals surface area contributed by atoms with Gasteiger partial charge in [-0.05, 0) is 37.3 Å². The molecule has 1 aliphatic rings. The van der Waals surface area contributed by atoms with Crippen LogP contribution in [0.3, 0.4) is 0 Å². The van der Waals surface area contributed by atoms with E-state index in [-0.39, 0.29) is 11.7 Å². The van der Waals surface area contributed by atoms with Gasteiger partial charge in [0.25, 0.3) is 5.56 Å². The lowest BCUT2D eigenvalue weighted by atomic mass is 10.1. The minimum absolute atomic E-state index is 0.0275. The Hall–Kier alpha value is -2.26. The number of hydrogen-bond acceptors (Lipinski definition) is 2. The standard InChI is InChI=1S/C18H14ClNO2/c1-11-9-15-17(22-11)14-7-2-3-8-16(14)20(18(15)21)13-6-4-5-12(19)10-13/h2-8,10-11H,9H2,1H3. The first kappa shape index (κ1) is 13.4. The van der Waals surface area contributed by atoms with E-state index in [2.05, 4.69) is 0 Å². The average Bonchev–Trinajstić information content (AvgIpc) is 2.90. The molecule has 0 saturated heterocycles. The van der Waals surface area contributed by atoms with Gasteiger partial charge in [-0.2, -0.15) is 0 Å². The third-order valence-corrected chi connectivity index (χ3v) is 4.24. The van der Waals surface area contributed by atoms with Gasteiger partial charge in [0.05, 0.1) is 16.8 Å². The maximum absolute atomic E-state index is 13.0. The average molecular weight is 312 g/mol. The van der Waals surface area contributed by atoms with E-state index < -0.39 is 0 Å². The Morgan fingerprint density at radius 3 is 2.82 bits per heavy atom. The second kappa shape index (κ2) is 4.89. The first-order valence-electron chi connectivity index (χ1n) is 7.24. The zero-order valence-electron chi connectivity index (χ0n) is 12.0. The van der Waals surface area contributed by atoms with Gasteiger partial charge in [-0.25, -0.2) is 0 Å². The van der Waals surface area contributed by atoms with Crippen LogP contribution >= 0.6 is 11.6 Å². The van der Waals surface area contributed by atoms with Crippen molar-refractivity contribution in [1.29, 1.82) is 0 Å². The number of rotatable bonds is 1. The van der Waals surface area contributed by atoms with E-state index >= 15 is 0 Å². The van der Waals surface area contributed by atoms with E-state index in [0.717, 1.165) is 27.9 Å². The van der Waals surface area contributed by atoms with E-state index in [1.165, 1.54) is 0 Å². The van der Waals surface area contributed by atoms with Crippen molar-refractivity contribution in [2.75, 3.05) is 0 Å². The summed E-state index contributed by atoms with van der Waals surface area (Å²) in [7, 11) is 0. The second-order valence-corrected chi connectivity index (χ2v) is 6.01. The van der Waals surface area contributed by atoms with Gasteiger partial charge in [-0.3, -0.25) is 9.36 Å². The molecular weight excluding hydrogens is 298 g/mol. The summed E-state index contributed by atoms with van der Waals surface area (Å²) in [4.78, 5) is 13.0. The molecule has 2 aromatic carbocycles. The number of halogens is 1. The van der Waals surface area contributed by atoms with Gasteiger partial charge < -0.3 is 4.74 Å². The Morgan fingerprint density at radius 1 is 1.18 bits per heavy atom. The summed E-state index contributed by atoms with van der Waals surface area (Å²) in [6.07, 6.45) is 0.667. The van der Waals surface area contributed by atoms with Crippen LogP contribution in [0.1, 0.15) is 12.5 Å². The van der Waals surface area contributed by atoms with Gasteiger partial charge in [0.15, 0.2) is 0 Å². The van der Waals surface area contributed by atoms with E-state index in [1.807, 2.05) is 43.3 Å². The summed E-state index contributed by atoms with van der Waals surface area (Å²) in [5.41, 5.74) is 2.32. The number of nitrogens with zero attached hydrogens (tertiary/aromatic N) is 1. The maximum Gasteiger partial charge on any atom is 0.262 e. The fraction of sp³-hybridized carbons (Fsp3) is 0.167. The van der Waals surface area contributed by atoms with Crippen molar-refractivity contribution in [3.8, 4) is 11.4 Å². The number of aromatic nitrogens is 1. The van der Waals surface area contributed by atoms with Gasteiger partial charge in [0, 0.05) is 16.8 Å². The molecule has 0 N–H and O–H groups in total. The molecule has 22 heavy (non-hydrogen) atoms. The molecule has 0 radical (unpaired) electrons. The largest absolute Gasteiger partial charge is 0.489 e. The van der Waals surface area contributed by atoms with Crippen molar-refractivity contribution in [3.05, 3.63) is 69.5 Å². The molecule has 0 saturated carbocycles. The van der Waals surface area contributed by atoms with Crippen molar-refractivity contribution in [2.24, 2.45) is 0 Å². The lowest BCUT2D eigenvalue weighted by Gasteiger charge is -2.13. The van der Waals surface area contributed by atoms with Gasteiger partial charge in [0.2, 0.25) is 0 Å². The quantitative estimate of drug-likeness (QED) is 0.681. The number of benzene rings is 2. The molecule has 1 unspecified atom stereocenters. The van der Waals surface area contributed by atoms with Crippen LogP contribution in [0.15, 0.2) is 53.3 Å². The number of ether oxygens (including phenoxy) is 1. The Bertz CT molecular complexity index is 945. The van der Waals surface area contributed by atoms with Gasteiger partial charge in [-0.1, -0.05) is 29.8 Å². The second-order valence-electron chi connectivity index (χ2n) is 5.58. The molecule has 4 rings (SSSR count). The van der Waals surface area contributed by atoms with Crippen molar-refractivity contribution >= 4 is 22.5 Å². The van der Waals surface area contributed by atoms with Crippen molar-refractivity contribution < 1.29 is 4.74 Å². The Kier molecular flexibility index (Phi) is 2.98. The van der Waals surface area contributed by atoms with Gasteiger partial charge >= 0.3 is 0 Å². The molecule has 110 valence electrons. The van der Waals surface area contributed by atoms with E-state index in [9.17, 15) is 4.79 Å². The highest BCUT2D eigenvalue weighted by atomic mass is 35.5. The predicted molar refractivity (Wildman–Crippen MR) is 88.3 cm³/mol. The summed E-state index contributed by atoms with van der Waals surface area (Å²) in [5, 5.41) is 1.57. The minimum atomic E-state index is -0.0275. The number of pyridine rings is 1. The Balaban J connectivity index is 2.14. The highest BCUT2D eigenvalue weighted by Crippen LogP contribution is 2.35. The fourth-order valence-electron chi connectivity index (χ4n) is 3.08. The van der Waals surface area contributed by atoms with E-state index in [4.69, 9.17) is 16.3 Å². The van der Waals surface area contributed by atoms with Crippen LogP contribution in [0.25, 0.3) is 16.6 Å². The van der Waals surface area contributed by atoms with Crippen LogP contribution in [0.2, 0.25) is 5.02 Å². The molecule has 2 heterocycles. The third-order valence-electron chi connectivity index (χ3n) is 4.00. The molecule has 0 bridgehead atoms. The normalized spacial score (nSPS) is 16.5. The molecule has 3 nitrogen and oxygen atoms in total. The highest BCUT2D eigenvalue weighted by Gasteiger charge is 2.27. The molecule has 0 fully saturated rings. The number of para-hydroxylation sites is 1. The summed E-state index contributed by atoms with van der Waals surface area (Å²) in [5.74, 6) is 0.728. The Morgan fingerprint density at radius 2 is 2.00 bits per heavy atom. The topological polar surface area (TPSA) is 31.2 Å². The van der Waals surface area contributed by atoms with E-state index in [1.54, 1.807) is 16.7 Å². The SMILES string of the molecule is CC1Cc2c(c3ccccc3n(-c3cccc(Cl)c3)c2=O)O1. The highest BCUT2D eigenvalue weighted by molar-refractivity contribution is 6.30. The zero-order chi connectivity index (χ0) is 15.3. The monoisotopic (exact) mass is 311 g/mol. The molecular formula is C18H14ClNO2. The Labute approximate surface area is 132 Å². The molecule has 3 aromatic rings. The van der Waals surface area contributed by atoms with Crippen LogP contribution in [0, 0.1) is 0 Å². The maximum atomic E-state index is 13.0. The van der Waals surface area contributed by atoms with Gasteiger partial charge in [-0.15, -0.1) is 0 Å². The molecule has 0 spiro atoms. The third kappa shape index (κ3) is 1.93. The first-order chi connectivity index (χ1) is 10.6. The summed E-state index contributed by atoms with van der Waals surface area (Å²) in [6.45, 7) is 1.98. The summed E-state index contributed by atoms with van der Waals surface area (Å²) in [6, 6.07) is 15.2. The van der Waals surface area contributed by atoms with E-state index in [0.29, 0.717) is 11.4 Å². The fourth-order valence-corrected chi connectivity index (χ4v) is 3.27. The molecule has 0 aliphatic carbocycles. The molecule has 1 aromatic heterocycles.